The minimum absolute atomic E-state index is 0.000877. The predicted octanol–water partition coefficient (Wildman–Crippen LogP) is -0.989. The second-order valence-electron chi connectivity index (χ2n) is 4.26. The van der Waals surface area contributed by atoms with Gasteiger partial charge in [0, 0.05) is 0 Å². The molecular weight excluding hydrogens is 267 g/mol. The van der Waals surface area contributed by atoms with Crippen molar-refractivity contribution in [1.29, 1.82) is 0 Å². The summed E-state index contributed by atoms with van der Waals surface area (Å²) in [6.45, 7) is 10.4. The number of nitrogens with zero attached hydrogens (tertiary/aromatic N) is 2. The molecule has 0 radical (unpaired) electrons. The van der Waals surface area contributed by atoms with Crippen molar-refractivity contribution in [3.05, 3.63) is 12.7 Å². The Morgan fingerprint density at radius 1 is 1.44 bits per heavy atom. The number of quaternary nitrogens is 1. The number of carbonyl (C=O) groups is 2. The Morgan fingerprint density at radius 2 is 2.00 bits per heavy atom. The number of hydrogen-bond donors (Lipinski definition) is 0. The van der Waals surface area contributed by atoms with E-state index in [1.165, 1.54) is 22.9 Å². The summed E-state index contributed by atoms with van der Waals surface area (Å²) < 4.78 is 1.12. The van der Waals surface area contributed by atoms with E-state index < -0.39 is 0 Å². The molecule has 16 heavy (non-hydrogen) atoms. The fourth-order valence-corrected chi connectivity index (χ4v) is 2.97. The molecule has 0 saturated carbocycles. The molecule has 1 rings (SSSR count). The second-order valence-corrected chi connectivity index (χ2v) is 5.61. The third-order valence-electron chi connectivity index (χ3n) is 3.34. The van der Waals surface area contributed by atoms with Gasteiger partial charge in [-0.25, -0.2) is 0 Å². The molecule has 0 aromatic rings. The van der Waals surface area contributed by atoms with Crippen LogP contribution in [0, 0.1) is 0 Å². The average molecular weight is 287 g/mol. The number of hydrogen-bond acceptors (Lipinski definition) is 2. The summed E-state index contributed by atoms with van der Waals surface area (Å²) in [5.41, 5.74) is 0. The predicted molar refractivity (Wildman–Crippen MR) is 65.7 cm³/mol. The third kappa shape index (κ3) is 3.19. The first-order chi connectivity index (χ1) is 7.53. The Bertz CT molecular complexity index is 296. The van der Waals surface area contributed by atoms with Gasteiger partial charge < -0.3 is 0 Å². The molecule has 0 aromatic carbocycles. The summed E-state index contributed by atoms with van der Waals surface area (Å²) in [5, 5.41) is 0. The van der Waals surface area contributed by atoms with Crippen molar-refractivity contribution < 1.29 is 14.1 Å². The SMILES string of the molecule is C=CC(=O)N1CC[N+](CC)(CC(=O)[AsH2])CC1. The van der Waals surface area contributed by atoms with Crippen LogP contribution in [0.15, 0.2) is 12.7 Å². The number of amides is 1. The van der Waals surface area contributed by atoms with E-state index in [-0.39, 0.29) is 10.5 Å². The van der Waals surface area contributed by atoms with Crippen molar-refractivity contribution in [3.63, 3.8) is 0 Å². The standard InChI is InChI=1S/C11H20AsN2O2/c1-3-11(16)13-5-7-14(4-2,8-6-13)9-10(12)15/h3H,1,4-9,12H2,2H3/q+1. The maximum absolute atomic E-state index is 11.4. The van der Waals surface area contributed by atoms with Crippen LogP contribution in [0.5, 0.6) is 0 Å². The molecule has 1 unspecified atom stereocenters. The van der Waals surface area contributed by atoms with Gasteiger partial charge >= 0.3 is 105 Å². The molecule has 0 aromatic heterocycles. The monoisotopic (exact) mass is 287 g/mol. The molecule has 1 amide bonds. The molecule has 4 nitrogen and oxygen atoms in total. The number of carbonyl (C=O) groups excluding carboxylic acids is 2. The van der Waals surface area contributed by atoms with Crippen molar-refractivity contribution in [2.75, 3.05) is 39.3 Å². The van der Waals surface area contributed by atoms with Crippen LogP contribution in [0.4, 0.5) is 0 Å². The van der Waals surface area contributed by atoms with Gasteiger partial charge in [0.25, 0.3) is 0 Å². The quantitative estimate of drug-likeness (QED) is 0.378. The summed E-state index contributed by atoms with van der Waals surface area (Å²) in [6, 6.07) is 0. The van der Waals surface area contributed by atoms with E-state index in [2.05, 4.69) is 13.5 Å². The Balaban J connectivity index is 2.59. The normalized spacial score (nSPS) is 19.2. The van der Waals surface area contributed by atoms with Crippen molar-refractivity contribution in [2.45, 2.75) is 6.92 Å². The zero-order valence-corrected chi connectivity index (χ0v) is 12.2. The van der Waals surface area contributed by atoms with Gasteiger partial charge in [0.1, 0.15) is 0 Å². The van der Waals surface area contributed by atoms with Crippen molar-refractivity contribution >= 4 is 27.3 Å². The van der Waals surface area contributed by atoms with Crippen molar-refractivity contribution in [3.8, 4) is 0 Å². The molecule has 5 heteroatoms. The van der Waals surface area contributed by atoms with Gasteiger partial charge in [0.2, 0.25) is 0 Å². The Kier molecular flexibility index (Phi) is 4.75. The summed E-state index contributed by atoms with van der Waals surface area (Å²) in [4.78, 5) is 24.5. The van der Waals surface area contributed by atoms with Gasteiger partial charge in [-0.3, -0.25) is 0 Å². The van der Waals surface area contributed by atoms with E-state index >= 15 is 0 Å². The van der Waals surface area contributed by atoms with Gasteiger partial charge in [-0.1, -0.05) is 0 Å². The number of piperazine rings is 1. The topological polar surface area (TPSA) is 37.4 Å². The second kappa shape index (κ2) is 5.64. The van der Waals surface area contributed by atoms with Crippen LogP contribution in [-0.2, 0) is 9.59 Å². The molecule has 1 aliphatic rings. The van der Waals surface area contributed by atoms with Crippen LogP contribution in [0.3, 0.4) is 0 Å². The van der Waals surface area contributed by atoms with E-state index in [0.717, 1.165) is 37.2 Å². The average Bonchev–Trinajstić information content (AvgIpc) is 2.28. The van der Waals surface area contributed by atoms with Crippen LogP contribution in [0.25, 0.3) is 0 Å². The van der Waals surface area contributed by atoms with Crippen LogP contribution in [0.2, 0.25) is 0 Å². The van der Waals surface area contributed by atoms with E-state index in [0.29, 0.717) is 6.54 Å². The maximum atomic E-state index is 11.4. The fraction of sp³-hybridized carbons (Fsp3) is 0.636. The third-order valence-corrected chi connectivity index (χ3v) is 3.72. The van der Waals surface area contributed by atoms with Gasteiger partial charge in [-0.2, -0.15) is 0 Å². The molecule has 0 bridgehead atoms. The molecular formula is C11H20AsN2O2+. The molecule has 1 saturated heterocycles. The molecule has 1 aliphatic heterocycles. The van der Waals surface area contributed by atoms with Crippen LogP contribution >= 0.6 is 0 Å². The molecule has 1 fully saturated rings. The Hall–Kier alpha value is -0.602. The van der Waals surface area contributed by atoms with E-state index in [1.54, 1.807) is 0 Å². The molecule has 0 N–H and O–H groups in total. The van der Waals surface area contributed by atoms with Crippen LogP contribution in [-0.4, -0.2) is 76.0 Å². The first-order valence-electron chi connectivity index (χ1n) is 5.58. The number of rotatable bonds is 4. The van der Waals surface area contributed by atoms with Gasteiger partial charge in [0.15, 0.2) is 0 Å². The van der Waals surface area contributed by atoms with E-state index in [9.17, 15) is 9.59 Å². The van der Waals surface area contributed by atoms with Crippen molar-refractivity contribution in [1.82, 2.24) is 4.90 Å². The molecule has 90 valence electrons. The van der Waals surface area contributed by atoms with E-state index in [1.807, 2.05) is 4.90 Å². The van der Waals surface area contributed by atoms with Gasteiger partial charge in [0.05, 0.1) is 0 Å². The fourth-order valence-electron chi connectivity index (χ4n) is 2.16. The van der Waals surface area contributed by atoms with Gasteiger partial charge in [-0.05, 0) is 0 Å². The van der Waals surface area contributed by atoms with Crippen LogP contribution < -0.4 is 0 Å². The molecule has 1 atom stereocenters. The Labute approximate surface area is 105 Å². The van der Waals surface area contributed by atoms with Crippen LogP contribution in [0.1, 0.15) is 6.92 Å². The first-order valence-corrected chi connectivity index (χ1v) is 6.79. The minimum atomic E-state index is 0.000877. The summed E-state index contributed by atoms with van der Waals surface area (Å²) in [7, 11) is 0. The summed E-state index contributed by atoms with van der Waals surface area (Å²) in [5.74, 6) is 0.000877. The number of likely N-dealkylation sites (N-methyl/N-ethyl adjacent to an activating group) is 1. The van der Waals surface area contributed by atoms with Crippen molar-refractivity contribution in [2.24, 2.45) is 0 Å². The summed E-state index contributed by atoms with van der Waals surface area (Å²) in [6.07, 6.45) is 1.36. The molecule has 0 aliphatic carbocycles. The molecule has 1 heterocycles. The first kappa shape index (κ1) is 13.5. The van der Waals surface area contributed by atoms with E-state index in [4.69, 9.17) is 0 Å². The van der Waals surface area contributed by atoms with Gasteiger partial charge in [-0.15, -0.1) is 0 Å². The molecule has 0 spiro atoms. The zero-order valence-electron chi connectivity index (χ0n) is 9.82. The Morgan fingerprint density at radius 3 is 2.38 bits per heavy atom. The zero-order chi connectivity index (χ0) is 12.2. The summed E-state index contributed by atoms with van der Waals surface area (Å²) >= 11 is 1.18.